The quantitative estimate of drug-likeness (QED) is 0.564. The smallest absolute Gasteiger partial charge is 0.272 e. The van der Waals surface area contributed by atoms with E-state index in [-0.39, 0.29) is 10.6 Å². The molecule has 0 aliphatic heterocycles. The highest BCUT2D eigenvalue weighted by Gasteiger charge is 2.09. The summed E-state index contributed by atoms with van der Waals surface area (Å²) in [6.45, 7) is 2.24. The van der Waals surface area contributed by atoms with Gasteiger partial charge in [0.15, 0.2) is 0 Å². The third-order valence-corrected chi connectivity index (χ3v) is 1.90. The van der Waals surface area contributed by atoms with Gasteiger partial charge in [0, 0.05) is 11.6 Å². The molecule has 1 aromatic rings. The first kappa shape index (κ1) is 9.67. The molecule has 0 radical (unpaired) electrons. The van der Waals surface area contributed by atoms with Crippen molar-refractivity contribution < 1.29 is 4.92 Å². The Labute approximate surface area is 76.5 Å². The van der Waals surface area contributed by atoms with Crippen LogP contribution in [0.3, 0.4) is 0 Å². The van der Waals surface area contributed by atoms with Gasteiger partial charge in [-0.15, -0.1) is 0 Å². The third kappa shape index (κ3) is 2.26. The third-order valence-electron chi connectivity index (χ3n) is 1.90. The van der Waals surface area contributed by atoms with Crippen molar-refractivity contribution in [2.45, 2.75) is 13.3 Å². The zero-order valence-electron chi connectivity index (χ0n) is 7.49. The SMILES string of the molecule is Cc1ccc(CCN)cc1[N+](=O)[O-]. The number of nitrogens with zero attached hydrogens (tertiary/aromatic N) is 1. The number of nitro benzene ring substituents is 1. The predicted molar refractivity (Wildman–Crippen MR) is 50.6 cm³/mol. The summed E-state index contributed by atoms with van der Waals surface area (Å²) >= 11 is 0. The number of hydrogen-bond donors (Lipinski definition) is 1. The molecule has 0 spiro atoms. The molecule has 0 saturated heterocycles. The molecule has 0 atom stereocenters. The van der Waals surface area contributed by atoms with E-state index in [1.165, 1.54) is 0 Å². The van der Waals surface area contributed by atoms with Crippen LogP contribution in [0, 0.1) is 17.0 Å². The van der Waals surface area contributed by atoms with E-state index in [1.807, 2.05) is 6.07 Å². The van der Waals surface area contributed by atoms with Gasteiger partial charge < -0.3 is 5.73 Å². The summed E-state index contributed by atoms with van der Waals surface area (Å²) in [5.74, 6) is 0. The van der Waals surface area contributed by atoms with Crippen LogP contribution in [0.5, 0.6) is 0 Å². The second kappa shape index (κ2) is 4.00. The summed E-state index contributed by atoms with van der Waals surface area (Å²) in [5.41, 5.74) is 7.13. The van der Waals surface area contributed by atoms with Gasteiger partial charge in [-0.3, -0.25) is 10.1 Å². The van der Waals surface area contributed by atoms with Crippen LogP contribution >= 0.6 is 0 Å². The standard InChI is InChI=1S/C9H12N2O2/c1-7-2-3-8(4-5-10)6-9(7)11(12)13/h2-3,6H,4-5,10H2,1H3. The van der Waals surface area contributed by atoms with E-state index in [0.29, 0.717) is 18.5 Å². The molecule has 0 fully saturated rings. The van der Waals surface area contributed by atoms with E-state index in [4.69, 9.17) is 5.73 Å². The average molecular weight is 180 g/mol. The van der Waals surface area contributed by atoms with E-state index in [9.17, 15) is 10.1 Å². The van der Waals surface area contributed by atoms with Crippen LogP contribution in [-0.2, 0) is 6.42 Å². The van der Waals surface area contributed by atoms with Crippen LogP contribution in [0.15, 0.2) is 18.2 Å². The van der Waals surface area contributed by atoms with Gasteiger partial charge in [-0.25, -0.2) is 0 Å². The highest BCUT2D eigenvalue weighted by molar-refractivity contribution is 5.42. The molecule has 0 bridgehead atoms. The summed E-state index contributed by atoms with van der Waals surface area (Å²) < 4.78 is 0. The van der Waals surface area contributed by atoms with E-state index < -0.39 is 0 Å². The van der Waals surface area contributed by atoms with Gasteiger partial charge in [0.25, 0.3) is 5.69 Å². The zero-order valence-corrected chi connectivity index (χ0v) is 7.49. The second-order valence-corrected chi connectivity index (χ2v) is 2.92. The number of nitrogens with two attached hydrogens (primary N) is 1. The molecule has 0 aliphatic carbocycles. The molecule has 1 aromatic carbocycles. The molecule has 2 N–H and O–H groups in total. The van der Waals surface area contributed by atoms with Crippen molar-refractivity contribution in [1.29, 1.82) is 0 Å². The minimum absolute atomic E-state index is 0.172. The van der Waals surface area contributed by atoms with Gasteiger partial charge >= 0.3 is 0 Å². The van der Waals surface area contributed by atoms with Crippen molar-refractivity contribution in [3.8, 4) is 0 Å². The summed E-state index contributed by atoms with van der Waals surface area (Å²) in [5, 5.41) is 10.6. The van der Waals surface area contributed by atoms with E-state index in [1.54, 1.807) is 19.1 Å². The monoisotopic (exact) mass is 180 g/mol. The molecule has 0 aromatic heterocycles. The lowest BCUT2D eigenvalue weighted by Gasteiger charge is -2.00. The Morgan fingerprint density at radius 1 is 1.54 bits per heavy atom. The van der Waals surface area contributed by atoms with Gasteiger partial charge in [-0.2, -0.15) is 0 Å². The maximum atomic E-state index is 10.6. The molecule has 0 amide bonds. The van der Waals surface area contributed by atoms with Crippen molar-refractivity contribution in [2.75, 3.05) is 6.54 Å². The van der Waals surface area contributed by atoms with Gasteiger partial charge in [0.1, 0.15) is 0 Å². The first-order valence-electron chi connectivity index (χ1n) is 4.09. The molecule has 0 unspecified atom stereocenters. The first-order chi connectivity index (χ1) is 6.15. The average Bonchev–Trinajstić information content (AvgIpc) is 2.08. The molecule has 0 aliphatic rings. The van der Waals surface area contributed by atoms with Crippen LogP contribution in [0.25, 0.3) is 0 Å². The Kier molecular flexibility index (Phi) is 2.97. The molecule has 1 rings (SSSR count). The second-order valence-electron chi connectivity index (χ2n) is 2.92. The molecule has 13 heavy (non-hydrogen) atoms. The Morgan fingerprint density at radius 2 is 2.23 bits per heavy atom. The van der Waals surface area contributed by atoms with Crippen molar-refractivity contribution in [3.05, 3.63) is 39.4 Å². The van der Waals surface area contributed by atoms with Crippen molar-refractivity contribution in [3.63, 3.8) is 0 Å². The van der Waals surface area contributed by atoms with Gasteiger partial charge in [-0.1, -0.05) is 12.1 Å². The maximum absolute atomic E-state index is 10.6. The van der Waals surface area contributed by atoms with Crippen LogP contribution < -0.4 is 5.73 Å². The lowest BCUT2D eigenvalue weighted by molar-refractivity contribution is -0.385. The fraction of sp³-hybridized carbons (Fsp3) is 0.333. The Hall–Kier alpha value is -1.42. The van der Waals surface area contributed by atoms with E-state index >= 15 is 0 Å². The Morgan fingerprint density at radius 3 is 2.77 bits per heavy atom. The van der Waals surface area contributed by atoms with Crippen molar-refractivity contribution in [2.24, 2.45) is 5.73 Å². The fourth-order valence-electron chi connectivity index (χ4n) is 1.17. The largest absolute Gasteiger partial charge is 0.330 e. The van der Waals surface area contributed by atoms with Gasteiger partial charge in [0.05, 0.1) is 4.92 Å². The molecule has 4 heteroatoms. The van der Waals surface area contributed by atoms with Gasteiger partial charge in [0.2, 0.25) is 0 Å². The molecule has 4 nitrogen and oxygen atoms in total. The number of hydrogen-bond acceptors (Lipinski definition) is 3. The summed E-state index contributed by atoms with van der Waals surface area (Å²) in [6.07, 6.45) is 0.682. The number of aryl methyl sites for hydroxylation is 1. The first-order valence-corrected chi connectivity index (χ1v) is 4.09. The molecular formula is C9H12N2O2. The lowest BCUT2D eigenvalue weighted by atomic mass is 10.1. The molecule has 0 heterocycles. The number of nitro groups is 1. The summed E-state index contributed by atoms with van der Waals surface area (Å²) in [6, 6.07) is 5.21. The summed E-state index contributed by atoms with van der Waals surface area (Å²) in [7, 11) is 0. The minimum atomic E-state index is -0.366. The highest BCUT2D eigenvalue weighted by atomic mass is 16.6. The zero-order chi connectivity index (χ0) is 9.84. The number of benzene rings is 1. The lowest BCUT2D eigenvalue weighted by Crippen LogP contribution is -2.03. The van der Waals surface area contributed by atoms with E-state index in [2.05, 4.69) is 0 Å². The molecular weight excluding hydrogens is 168 g/mol. The summed E-state index contributed by atoms with van der Waals surface area (Å²) in [4.78, 5) is 10.2. The normalized spacial score (nSPS) is 10.0. The minimum Gasteiger partial charge on any atom is -0.330 e. The Balaban J connectivity index is 3.04. The predicted octanol–water partition coefficient (Wildman–Crippen LogP) is 1.40. The van der Waals surface area contributed by atoms with Crippen LogP contribution in [0.4, 0.5) is 5.69 Å². The van der Waals surface area contributed by atoms with Crippen molar-refractivity contribution in [1.82, 2.24) is 0 Å². The van der Waals surface area contributed by atoms with Gasteiger partial charge in [-0.05, 0) is 25.5 Å². The maximum Gasteiger partial charge on any atom is 0.272 e. The van der Waals surface area contributed by atoms with Crippen LogP contribution in [0.1, 0.15) is 11.1 Å². The topological polar surface area (TPSA) is 69.2 Å². The number of rotatable bonds is 3. The van der Waals surface area contributed by atoms with Crippen LogP contribution in [0.2, 0.25) is 0 Å². The van der Waals surface area contributed by atoms with Crippen LogP contribution in [-0.4, -0.2) is 11.5 Å². The molecule has 0 saturated carbocycles. The fourth-order valence-corrected chi connectivity index (χ4v) is 1.17. The van der Waals surface area contributed by atoms with E-state index in [0.717, 1.165) is 5.56 Å². The molecule has 70 valence electrons. The van der Waals surface area contributed by atoms with Crippen molar-refractivity contribution >= 4 is 5.69 Å². The Bertz CT molecular complexity index is 323. The highest BCUT2D eigenvalue weighted by Crippen LogP contribution is 2.19.